The zero-order valence-corrected chi connectivity index (χ0v) is 24.2. The Labute approximate surface area is 237 Å². The molecular weight excluding hydrogens is 623 g/mol. The minimum Gasteiger partial charge on any atom is -0.679 e. The van der Waals surface area contributed by atoms with Gasteiger partial charge in [0.2, 0.25) is 5.91 Å². The molecule has 0 aromatic heterocycles. The van der Waals surface area contributed by atoms with Crippen molar-refractivity contribution in [1.29, 1.82) is 0 Å². The number of hydrogen-bond donors (Lipinski definition) is 3. The number of fused-ring (bicyclic) bond motifs is 1. The zero-order valence-electron chi connectivity index (χ0n) is 20.1. The van der Waals surface area contributed by atoms with Gasteiger partial charge in [0.05, 0.1) is 12.1 Å². The van der Waals surface area contributed by atoms with Gasteiger partial charge in [-0.3, -0.25) is 4.79 Å². The number of urea groups is 1. The van der Waals surface area contributed by atoms with Gasteiger partial charge < -0.3 is 26.4 Å². The molecule has 3 atom stereocenters. The average molecular weight is 654 g/mol. The van der Waals surface area contributed by atoms with Crippen LogP contribution in [-0.4, -0.2) is 56.5 Å². The average Bonchev–Trinajstić information content (AvgIpc) is 3.47. The van der Waals surface area contributed by atoms with E-state index in [2.05, 4.69) is 30.4 Å². The SMILES string of the molecule is [Cl][Ru].[NH-]CC[N-]S(=O)(=O)c1ccc(NC(=O)CCCC[C@@H]2SC[C@@H]3NC(=O)N[C@@H]32)cc1.c1ccccc1. The summed E-state index contributed by atoms with van der Waals surface area (Å²) in [5, 5.41) is 9.04. The van der Waals surface area contributed by atoms with Gasteiger partial charge in [0, 0.05) is 28.0 Å². The van der Waals surface area contributed by atoms with Crippen LogP contribution >= 0.6 is 21.5 Å². The van der Waals surface area contributed by atoms with Crippen LogP contribution in [-0.2, 0) is 32.1 Å². The molecule has 0 saturated carbocycles. The summed E-state index contributed by atoms with van der Waals surface area (Å²) in [6.45, 7) is -0.149. The first-order chi connectivity index (χ1) is 17.9. The Kier molecular flexibility index (Phi) is 14.5. The van der Waals surface area contributed by atoms with E-state index in [1.165, 1.54) is 24.3 Å². The molecule has 2 saturated heterocycles. The van der Waals surface area contributed by atoms with Crippen LogP contribution in [0, 0.1) is 0 Å². The van der Waals surface area contributed by atoms with Crippen molar-refractivity contribution in [3.05, 3.63) is 71.1 Å². The molecule has 0 unspecified atom stereocenters. The van der Waals surface area contributed by atoms with Crippen molar-refractivity contribution in [2.24, 2.45) is 0 Å². The standard InChI is InChI=1S/C18H25N5O4S2.C6H6.ClH.Ru/c19-9-10-20-29(26,27)13-7-5-12(6-8-13)21-16(24)4-2-1-3-15-17-14(11-28-15)22-18(25)23-17;1-2-4-6-5-3-1;;/h5-8,14-15,17,19H,1-4,9-11H2,(H,21,24)(H2,22,23,25);1-6H;1H;/q-2;;;+1/p-1/t14-,15-,17-;;;/m0.../s1. The number of carbonyl (C=O) groups is 2. The number of sulfonamides is 1. The summed E-state index contributed by atoms with van der Waals surface area (Å²) in [5.41, 5.74) is 7.52. The van der Waals surface area contributed by atoms with Crippen molar-refractivity contribution in [3.63, 3.8) is 0 Å². The van der Waals surface area contributed by atoms with E-state index in [1.54, 1.807) is 0 Å². The van der Waals surface area contributed by atoms with Crippen LogP contribution in [0.25, 0.3) is 10.5 Å². The third-order valence-corrected chi connectivity index (χ3v) is 8.46. The summed E-state index contributed by atoms with van der Waals surface area (Å²) < 4.78 is 27.4. The molecule has 2 aliphatic heterocycles. The summed E-state index contributed by atoms with van der Waals surface area (Å²) in [6.07, 6.45) is 2.99. The second-order valence-corrected chi connectivity index (χ2v) is 11.1. The zero-order chi connectivity index (χ0) is 27.1. The van der Waals surface area contributed by atoms with Crippen LogP contribution in [0.3, 0.4) is 0 Å². The Bertz CT molecular complexity index is 1040. The van der Waals surface area contributed by atoms with Gasteiger partial charge in [-0.05, 0) is 37.1 Å². The van der Waals surface area contributed by atoms with E-state index in [9.17, 15) is 18.0 Å². The number of unbranched alkanes of at least 4 members (excludes halogenated alkanes) is 1. The number of rotatable bonds is 10. The smallest absolute Gasteiger partial charge is 0.315 e. The van der Waals surface area contributed by atoms with E-state index in [-0.39, 0.29) is 42.0 Å². The molecule has 4 rings (SSSR count). The molecule has 2 aromatic carbocycles. The second-order valence-electron chi connectivity index (χ2n) is 8.17. The quantitative estimate of drug-likeness (QED) is 0.191. The maximum Gasteiger partial charge on any atom is 0.315 e. The largest absolute Gasteiger partial charge is 0.679 e. The predicted molar refractivity (Wildman–Crippen MR) is 146 cm³/mol. The van der Waals surface area contributed by atoms with Gasteiger partial charge in [-0.2, -0.15) is 24.9 Å². The molecule has 2 aromatic rings. The molecule has 37 heavy (non-hydrogen) atoms. The van der Waals surface area contributed by atoms with E-state index in [0.29, 0.717) is 17.4 Å². The Hall–Kier alpha value is -1.69. The van der Waals surface area contributed by atoms with Crippen LogP contribution in [0.4, 0.5) is 10.5 Å². The fraction of sp³-hybridized carbons (Fsp3) is 0.417. The van der Waals surface area contributed by atoms with Gasteiger partial charge in [-0.15, -0.1) is 0 Å². The molecule has 13 heteroatoms. The van der Waals surface area contributed by atoms with Crippen molar-refractivity contribution < 1.29 is 35.3 Å². The van der Waals surface area contributed by atoms with Crippen molar-refractivity contribution in [2.45, 2.75) is 47.9 Å². The molecule has 205 valence electrons. The van der Waals surface area contributed by atoms with Crippen LogP contribution in [0.1, 0.15) is 25.7 Å². The van der Waals surface area contributed by atoms with Crippen molar-refractivity contribution in [1.82, 2.24) is 10.6 Å². The summed E-state index contributed by atoms with van der Waals surface area (Å²) in [5.74, 6) is 0.809. The molecule has 0 spiro atoms. The number of anilines is 1. The summed E-state index contributed by atoms with van der Waals surface area (Å²) in [6, 6.07) is 18.2. The van der Waals surface area contributed by atoms with Gasteiger partial charge in [0.1, 0.15) is 10.0 Å². The minimum absolute atomic E-state index is 0.0461. The number of hydrogen-bond acceptors (Lipinski definition) is 5. The molecule has 3 amide bonds. The monoisotopic (exact) mass is 654 g/mol. The van der Waals surface area contributed by atoms with E-state index < -0.39 is 10.0 Å². The maximum absolute atomic E-state index is 12.1. The Balaban J connectivity index is 0.000000519. The molecule has 0 bridgehead atoms. The van der Waals surface area contributed by atoms with E-state index in [1.807, 2.05) is 65.5 Å². The summed E-state index contributed by atoms with van der Waals surface area (Å²) in [4.78, 5) is 23.5. The summed E-state index contributed by atoms with van der Waals surface area (Å²) in [7, 11) is 0.825. The van der Waals surface area contributed by atoms with Crippen LogP contribution in [0.5, 0.6) is 0 Å². The summed E-state index contributed by atoms with van der Waals surface area (Å²) >= 11 is 3.68. The van der Waals surface area contributed by atoms with Crippen LogP contribution in [0.15, 0.2) is 65.6 Å². The third kappa shape index (κ3) is 10.9. The fourth-order valence-corrected chi connectivity index (χ4v) is 6.34. The molecule has 2 fully saturated rings. The topological polar surface area (TPSA) is 142 Å². The van der Waals surface area contributed by atoms with Crippen molar-refractivity contribution in [3.8, 4) is 0 Å². The van der Waals surface area contributed by atoms with E-state index >= 15 is 0 Å². The number of benzene rings is 2. The third-order valence-electron chi connectivity index (χ3n) is 5.56. The van der Waals surface area contributed by atoms with Crippen molar-refractivity contribution in [2.75, 3.05) is 24.2 Å². The Morgan fingerprint density at radius 2 is 1.70 bits per heavy atom. The predicted octanol–water partition coefficient (Wildman–Crippen LogP) is 4.84. The molecule has 2 heterocycles. The second kappa shape index (κ2) is 17.0. The normalized spacial score (nSPS) is 19.8. The van der Waals surface area contributed by atoms with Gasteiger partial charge >= 0.3 is 33.0 Å². The molecule has 0 radical (unpaired) electrons. The first-order valence-corrected chi connectivity index (χ1v) is 16.4. The molecule has 9 nitrogen and oxygen atoms in total. The fourth-order valence-electron chi connectivity index (χ4n) is 3.83. The first kappa shape index (κ1) is 31.5. The van der Waals surface area contributed by atoms with Gasteiger partial charge in [0.15, 0.2) is 0 Å². The maximum atomic E-state index is 12.1. The van der Waals surface area contributed by atoms with Gasteiger partial charge in [-0.25, -0.2) is 13.2 Å². The number of nitrogens with one attached hydrogen (secondary N) is 4. The molecular formula is C24H31ClN5O4RuS2-2. The number of nitrogens with zero attached hydrogens (tertiary/aromatic N) is 1. The Morgan fingerprint density at radius 3 is 2.30 bits per heavy atom. The van der Waals surface area contributed by atoms with E-state index in [0.717, 1.165) is 25.0 Å². The van der Waals surface area contributed by atoms with E-state index in [4.69, 9.17) is 5.73 Å². The first-order valence-electron chi connectivity index (χ1n) is 11.7. The number of thioether (sulfide) groups is 1. The minimum atomic E-state index is -3.74. The van der Waals surface area contributed by atoms with Gasteiger partial charge in [0.25, 0.3) is 0 Å². The van der Waals surface area contributed by atoms with Crippen molar-refractivity contribution >= 4 is 49.1 Å². The number of carbonyl (C=O) groups excluding carboxylic acids is 2. The Morgan fingerprint density at radius 1 is 1.08 bits per heavy atom. The molecule has 4 N–H and O–H groups in total. The number of amides is 3. The molecule has 2 aliphatic rings. The van der Waals surface area contributed by atoms with Crippen LogP contribution < -0.4 is 16.0 Å². The number of halogens is 1. The van der Waals surface area contributed by atoms with Gasteiger partial charge in [-0.1, -0.05) is 42.8 Å². The molecule has 0 aliphatic carbocycles. The van der Waals surface area contributed by atoms with Crippen LogP contribution in [0.2, 0.25) is 0 Å².